The molecule has 5 saturated heterocycles. The van der Waals surface area contributed by atoms with Crippen molar-refractivity contribution in [1.29, 1.82) is 0 Å². The summed E-state index contributed by atoms with van der Waals surface area (Å²) in [5.74, 6) is 0. The molecule has 19 heteroatoms. The van der Waals surface area contributed by atoms with Crippen molar-refractivity contribution in [2.24, 2.45) is 0 Å². The number of hydrogen-bond donors (Lipinski definition) is 11. The minimum absolute atomic E-state index is 0.0523. The number of rotatable bonds is 12. The summed E-state index contributed by atoms with van der Waals surface area (Å²) in [6.07, 6.45) is -26.4. The number of hydrogen-bond acceptors (Lipinski definition) is 19. The highest BCUT2D eigenvalue weighted by atomic mass is 16.8. The summed E-state index contributed by atoms with van der Waals surface area (Å²) < 4.78 is 45.4. The van der Waals surface area contributed by atoms with Crippen molar-refractivity contribution in [1.82, 2.24) is 0 Å². The molecule has 0 unspecified atom stereocenters. The van der Waals surface area contributed by atoms with Crippen LogP contribution in [-0.4, -0.2) is 206 Å². The molecule has 0 spiro atoms. The van der Waals surface area contributed by atoms with E-state index in [0.717, 1.165) is 0 Å². The zero-order chi connectivity index (χ0) is 31.2. The van der Waals surface area contributed by atoms with E-state index in [1.165, 1.54) is 0 Å². The summed E-state index contributed by atoms with van der Waals surface area (Å²) in [5, 5.41) is 110. The largest absolute Gasteiger partial charge is 0.394 e. The lowest BCUT2D eigenvalue weighted by Crippen LogP contribution is -2.63. The molecule has 0 amide bonds. The van der Waals surface area contributed by atoms with Crippen molar-refractivity contribution in [3.63, 3.8) is 0 Å². The van der Waals surface area contributed by atoms with E-state index >= 15 is 0 Å². The van der Waals surface area contributed by atoms with Gasteiger partial charge < -0.3 is 94.1 Å². The van der Waals surface area contributed by atoms with Gasteiger partial charge in [0.05, 0.1) is 33.0 Å². The van der Waals surface area contributed by atoms with Crippen LogP contribution in [0.1, 0.15) is 0 Å². The first-order valence-electron chi connectivity index (χ1n) is 13.9. The van der Waals surface area contributed by atoms with E-state index in [0.29, 0.717) is 0 Å². The van der Waals surface area contributed by atoms with E-state index in [2.05, 4.69) is 0 Å². The van der Waals surface area contributed by atoms with E-state index in [1.807, 2.05) is 0 Å². The third-order valence-electron chi connectivity index (χ3n) is 8.34. The van der Waals surface area contributed by atoms with Crippen LogP contribution in [0.5, 0.6) is 0 Å². The fraction of sp³-hybridized carbons (Fsp3) is 1.00. The van der Waals surface area contributed by atoms with Gasteiger partial charge in [-0.05, 0) is 0 Å². The molecule has 19 atom stereocenters. The average molecular weight is 633 g/mol. The molecule has 0 saturated carbocycles. The highest BCUT2D eigenvalue weighted by molar-refractivity contribution is 5.01. The predicted molar refractivity (Wildman–Crippen MR) is 129 cm³/mol. The van der Waals surface area contributed by atoms with Crippen LogP contribution in [0.4, 0.5) is 0 Å². The Hall–Kier alpha value is -0.760. The first-order valence-corrected chi connectivity index (χ1v) is 13.9. The van der Waals surface area contributed by atoms with Crippen molar-refractivity contribution in [2.45, 2.75) is 117 Å². The maximum atomic E-state index is 11.0. The molecule has 250 valence electrons. The van der Waals surface area contributed by atoms with E-state index in [-0.39, 0.29) is 13.2 Å². The molecular weight excluding hydrogens is 592 g/mol. The van der Waals surface area contributed by atoms with Crippen molar-refractivity contribution < 1.29 is 94.1 Å². The Morgan fingerprint density at radius 3 is 1.65 bits per heavy atom. The van der Waals surface area contributed by atoms with Crippen LogP contribution in [-0.2, 0) is 37.9 Å². The number of aliphatic hydroxyl groups is 11. The Morgan fingerprint density at radius 1 is 0.605 bits per heavy atom. The first kappa shape index (κ1) is 33.6. The van der Waals surface area contributed by atoms with Gasteiger partial charge in [0.25, 0.3) is 0 Å². The van der Waals surface area contributed by atoms with Crippen LogP contribution >= 0.6 is 0 Å². The van der Waals surface area contributed by atoms with Crippen LogP contribution in [0.15, 0.2) is 0 Å². The Balaban J connectivity index is 1.21. The van der Waals surface area contributed by atoms with Gasteiger partial charge in [-0.15, -0.1) is 0 Å². The summed E-state index contributed by atoms with van der Waals surface area (Å²) in [7, 11) is 0. The molecule has 4 bridgehead atoms. The quantitative estimate of drug-likeness (QED) is 0.0952. The second-order valence-corrected chi connectivity index (χ2v) is 11.2. The van der Waals surface area contributed by atoms with Crippen LogP contribution in [0, 0.1) is 0 Å². The van der Waals surface area contributed by atoms with Crippen LogP contribution in [0.25, 0.3) is 0 Å². The first-order chi connectivity index (χ1) is 20.5. The molecule has 0 aromatic heterocycles. The van der Waals surface area contributed by atoms with Gasteiger partial charge in [-0.25, -0.2) is 0 Å². The van der Waals surface area contributed by atoms with Gasteiger partial charge >= 0.3 is 0 Å². The second kappa shape index (κ2) is 13.9. The maximum absolute atomic E-state index is 11.0. The fourth-order valence-electron chi connectivity index (χ4n) is 5.88. The molecule has 0 aromatic carbocycles. The zero-order valence-corrected chi connectivity index (χ0v) is 22.7. The third kappa shape index (κ3) is 6.45. The topological polar surface area (TPSA) is 296 Å². The van der Waals surface area contributed by atoms with Crippen LogP contribution in [0.2, 0.25) is 0 Å². The Bertz CT molecular complexity index is 899. The summed E-state index contributed by atoms with van der Waals surface area (Å²) >= 11 is 0. The van der Waals surface area contributed by atoms with Gasteiger partial charge in [0, 0.05) is 0 Å². The van der Waals surface area contributed by atoms with E-state index in [4.69, 9.17) is 43.0 Å². The maximum Gasteiger partial charge on any atom is 0.187 e. The monoisotopic (exact) mass is 632 g/mol. The Labute approximate surface area is 244 Å². The minimum atomic E-state index is -1.85. The van der Waals surface area contributed by atoms with Crippen molar-refractivity contribution in [3.8, 4) is 0 Å². The predicted octanol–water partition coefficient (Wildman–Crippen LogP) is -8.02. The molecule has 0 aliphatic carbocycles. The highest BCUT2D eigenvalue weighted by Gasteiger charge is 2.59. The molecule has 5 aliphatic rings. The fourth-order valence-corrected chi connectivity index (χ4v) is 5.88. The molecule has 5 aliphatic heterocycles. The number of fused-ring (bicyclic) bond motifs is 4. The van der Waals surface area contributed by atoms with Crippen molar-refractivity contribution in [3.05, 3.63) is 0 Å². The lowest BCUT2D eigenvalue weighted by Gasteiger charge is -2.45. The van der Waals surface area contributed by atoms with E-state index in [1.54, 1.807) is 0 Å². The summed E-state index contributed by atoms with van der Waals surface area (Å²) in [5.41, 5.74) is 0. The molecule has 43 heavy (non-hydrogen) atoms. The van der Waals surface area contributed by atoms with Gasteiger partial charge in [-0.2, -0.15) is 0 Å². The molecule has 5 rings (SSSR count). The van der Waals surface area contributed by atoms with Crippen LogP contribution < -0.4 is 0 Å². The van der Waals surface area contributed by atoms with Gasteiger partial charge in [0.2, 0.25) is 0 Å². The average Bonchev–Trinajstić information content (AvgIpc) is 3.49. The van der Waals surface area contributed by atoms with Crippen LogP contribution in [0.3, 0.4) is 0 Å². The smallest absolute Gasteiger partial charge is 0.187 e. The van der Waals surface area contributed by atoms with E-state index in [9.17, 15) is 51.1 Å². The molecule has 0 aromatic rings. The molecule has 11 N–H and O–H groups in total. The molecular formula is C24H40O19. The van der Waals surface area contributed by atoms with Gasteiger partial charge in [-0.1, -0.05) is 0 Å². The SMILES string of the molecule is OC[C@@H](O)[C@@H](O[C@H]1O[C@@H]2CO[C@H]([C@H]1O)[C@@H]2O[C@H]1O[C@@H]2CO[C@H]([C@H]1O)[C@@H]2O[C@H]1O[C@H](CO)[C@@H](O)[C@H](O)[C@H]1O)[C@H](O)[C@@H](O)CO. The van der Waals surface area contributed by atoms with Gasteiger partial charge in [-0.3, -0.25) is 0 Å². The number of ether oxygens (including phenoxy) is 8. The molecule has 0 radical (unpaired) electrons. The Kier molecular flexibility index (Phi) is 10.9. The van der Waals surface area contributed by atoms with Crippen molar-refractivity contribution in [2.75, 3.05) is 33.0 Å². The summed E-state index contributed by atoms with van der Waals surface area (Å²) in [6.45, 7) is -2.55. The molecule has 5 fully saturated rings. The van der Waals surface area contributed by atoms with Gasteiger partial charge in [0.15, 0.2) is 18.9 Å². The highest BCUT2D eigenvalue weighted by Crippen LogP contribution is 2.39. The molecule has 19 nitrogen and oxygen atoms in total. The standard InChI is InChI=1S/C24H40O19/c25-1-6(28)11(30)17(7(29)2-26)41-23-15(34)20-19(10(39-23)5-36-20)43-24-16(35)21-18(9(40-24)4-37-21)42-22-14(33)13(32)12(31)8(3-27)38-22/h6-35H,1-5H2/t6-,7+,8+,9+,10+,11+,12+,13-,14+,15+,16+,17+,18+,19+,20+,21+,22+,23+,24+/m0/s1. The Morgan fingerprint density at radius 2 is 1.12 bits per heavy atom. The summed E-state index contributed by atoms with van der Waals surface area (Å²) in [6, 6.07) is 0. The summed E-state index contributed by atoms with van der Waals surface area (Å²) in [4.78, 5) is 0. The van der Waals surface area contributed by atoms with E-state index < -0.39 is 136 Å². The zero-order valence-electron chi connectivity index (χ0n) is 22.7. The normalized spacial score (nSPS) is 49.0. The lowest BCUT2D eigenvalue weighted by atomic mass is 9.98. The second-order valence-electron chi connectivity index (χ2n) is 11.2. The third-order valence-corrected chi connectivity index (χ3v) is 8.34. The number of aliphatic hydroxyl groups excluding tert-OH is 11. The lowest BCUT2D eigenvalue weighted by molar-refractivity contribution is -0.355. The minimum Gasteiger partial charge on any atom is -0.394 e. The molecule has 5 heterocycles. The van der Waals surface area contributed by atoms with Gasteiger partial charge in [0.1, 0.15) is 97.7 Å². The van der Waals surface area contributed by atoms with Crippen molar-refractivity contribution >= 4 is 0 Å².